The summed E-state index contributed by atoms with van der Waals surface area (Å²) >= 11 is 0.562. The number of allylic oxidation sites excluding steroid dienone is 2. The molecule has 0 amide bonds. The molecule has 0 aliphatic carbocycles. The Balaban J connectivity index is 0.000000322. The molecule has 266 valence electrons. The molecule has 0 fully saturated rings. The van der Waals surface area contributed by atoms with Crippen molar-refractivity contribution in [3.63, 3.8) is 0 Å². The molecule has 0 radical (unpaired) electrons. The number of hydrogen-bond acceptors (Lipinski definition) is 0. The van der Waals surface area contributed by atoms with E-state index in [1.807, 2.05) is 0 Å². The molecule has 0 N–H and O–H groups in total. The molecule has 2 nitrogen and oxygen atoms in total. The Bertz CT molecular complexity index is 1740. The fourth-order valence-electron chi connectivity index (χ4n) is 6.41. The minimum absolute atomic E-state index is 0.562. The van der Waals surface area contributed by atoms with Gasteiger partial charge in [0.25, 0.3) is 0 Å². The molecule has 0 aromatic heterocycles. The van der Waals surface area contributed by atoms with Crippen molar-refractivity contribution < 1.29 is 22.7 Å². The van der Waals surface area contributed by atoms with Crippen molar-refractivity contribution in [3.05, 3.63) is 147 Å². The third-order valence-electron chi connectivity index (χ3n) is 9.16. The van der Waals surface area contributed by atoms with E-state index in [2.05, 4.69) is 137 Å². The first-order valence-electron chi connectivity index (χ1n) is 18.6. The molecule has 0 saturated carbocycles. The molecular weight excluding hydrogens is 711 g/mol. The van der Waals surface area contributed by atoms with Crippen LogP contribution < -0.4 is 8.07 Å². The number of nitrogens with zero attached hydrogens (tertiary/aromatic N) is 2. The Morgan fingerprint density at radius 3 is 1.31 bits per heavy atom. The second-order valence-electron chi connectivity index (χ2n) is 13.2. The average Bonchev–Trinajstić information content (AvgIpc) is 3.42. The van der Waals surface area contributed by atoms with Gasteiger partial charge in [-0.3, -0.25) is 0 Å². The van der Waals surface area contributed by atoms with Gasteiger partial charge in [-0.15, -0.1) is 24.7 Å². The molecular formula is C48H54N2Pd. The van der Waals surface area contributed by atoms with Crippen molar-refractivity contribution in [2.75, 3.05) is 0 Å². The summed E-state index contributed by atoms with van der Waals surface area (Å²) in [5.41, 5.74) is 23.8. The zero-order valence-electron chi connectivity index (χ0n) is 31.1. The Morgan fingerprint density at radius 2 is 0.941 bits per heavy atom. The molecule has 1 aliphatic heterocycles. The standard InChI is InChI=1S/C34H40N2.2C7H7.Pd/c1-5-9-13-19-27-21-15-17-25-29(27)33-31(23-11-7-3)32(24-12-8-4)34(36(33)35)30-26-18-16-22-28(30)20-14-10-6-2;2*1-7-5-3-2-4-6-7;/h1-2,15-18,21-22,25-26H,7-14,19-20,23-24H2,3-4H3;2*3-6H,1H3;. The van der Waals surface area contributed by atoms with Crippen molar-refractivity contribution in [3.8, 4) is 24.7 Å². The number of unbranched alkanes of at least 4 members (excludes halogenated alkanes) is 4. The molecule has 5 rings (SSSR count). The topological polar surface area (TPSA) is 25.3 Å². The van der Waals surface area contributed by atoms with E-state index in [0.29, 0.717) is 18.0 Å². The van der Waals surface area contributed by atoms with Crippen molar-refractivity contribution in [2.45, 2.75) is 105 Å². The van der Waals surface area contributed by atoms with Gasteiger partial charge in [0, 0.05) is 35.1 Å². The van der Waals surface area contributed by atoms with E-state index in [1.54, 1.807) is 0 Å². The molecule has 0 saturated heterocycles. The predicted molar refractivity (Wildman–Crippen MR) is 215 cm³/mol. The van der Waals surface area contributed by atoms with Crippen molar-refractivity contribution in [1.29, 1.82) is 0 Å². The van der Waals surface area contributed by atoms with Crippen LogP contribution in [0.4, 0.5) is 0 Å². The summed E-state index contributed by atoms with van der Waals surface area (Å²) in [5, 5.41) is 0. The molecule has 1 heterocycles. The molecule has 51 heavy (non-hydrogen) atoms. The van der Waals surface area contributed by atoms with Gasteiger partial charge < -0.3 is 5.53 Å². The summed E-state index contributed by atoms with van der Waals surface area (Å²) in [6.07, 6.45) is 22.6. The molecule has 4 aromatic rings. The van der Waals surface area contributed by atoms with Crippen LogP contribution in [-0.4, -0.2) is 4.70 Å². The van der Waals surface area contributed by atoms with Crippen molar-refractivity contribution in [2.24, 2.45) is 0 Å². The van der Waals surface area contributed by atoms with Gasteiger partial charge in [0.2, 0.25) is 11.4 Å². The third-order valence-corrected chi connectivity index (χ3v) is 11.1. The molecule has 1 aliphatic rings. The van der Waals surface area contributed by atoms with Crippen LogP contribution in [0.3, 0.4) is 0 Å². The first-order valence-corrected chi connectivity index (χ1v) is 20.2. The first kappa shape index (κ1) is 39.5. The van der Waals surface area contributed by atoms with Crippen LogP contribution in [0, 0.1) is 38.5 Å². The molecule has 4 aromatic carbocycles. The number of benzene rings is 4. The summed E-state index contributed by atoms with van der Waals surface area (Å²) in [6.45, 7) is 8.72. The van der Waals surface area contributed by atoms with Crippen LogP contribution in [-0.2, 0) is 30.8 Å². The molecule has 3 heteroatoms. The van der Waals surface area contributed by atoms with Gasteiger partial charge in [0.1, 0.15) is 0 Å². The van der Waals surface area contributed by atoms with E-state index in [1.165, 1.54) is 46.2 Å². The van der Waals surface area contributed by atoms with E-state index in [0.717, 1.165) is 99.6 Å². The van der Waals surface area contributed by atoms with Crippen LogP contribution in [0.15, 0.2) is 108 Å². The van der Waals surface area contributed by atoms with E-state index in [4.69, 9.17) is 12.8 Å². The predicted octanol–water partition coefficient (Wildman–Crippen LogP) is 11.5. The van der Waals surface area contributed by atoms with Gasteiger partial charge >= 0.3 is 99.6 Å². The van der Waals surface area contributed by atoms with E-state index >= 15 is 0 Å². The van der Waals surface area contributed by atoms with E-state index < -0.39 is 0 Å². The minimum atomic E-state index is 0.562. The normalized spacial score (nSPS) is 12.5. The van der Waals surface area contributed by atoms with Gasteiger partial charge in [-0.25, -0.2) is 4.70 Å². The zero-order chi connectivity index (χ0) is 36.4. The van der Waals surface area contributed by atoms with E-state index in [-0.39, 0.29) is 0 Å². The molecule has 0 atom stereocenters. The maximum absolute atomic E-state index is 11.9. The number of terminal acetylenes is 2. The van der Waals surface area contributed by atoms with Crippen LogP contribution in [0.2, 0.25) is 0 Å². The quantitative estimate of drug-likeness (QED) is 0.0470. The summed E-state index contributed by atoms with van der Waals surface area (Å²) in [7, 11) is 0. The first-order chi connectivity index (χ1) is 24.9. The molecule has 0 unspecified atom stereocenters. The van der Waals surface area contributed by atoms with E-state index in [9.17, 15) is 5.53 Å². The fourth-order valence-corrected chi connectivity index (χ4v) is 7.96. The summed E-state index contributed by atoms with van der Waals surface area (Å²) < 4.78 is 4.37. The van der Waals surface area contributed by atoms with Gasteiger partial charge in [-0.1, -0.05) is 63.1 Å². The Hall–Kier alpha value is -4.26. The Morgan fingerprint density at radius 1 is 0.549 bits per heavy atom. The fraction of sp³-hybridized carbons (Fsp3) is 0.333. The van der Waals surface area contributed by atoms with Gasteiger partial charge in [-0.2, -0.15) is 0 Å². The summed E-state index contributed by atoms with van der Waals surface area (Å²) in [4.78, 5) is 0. The number of rotatable bonds is 16. The second kappa shape index (κ2) is 21.2. The molecule has 0 bridgehead atoms. The zero-order valence-corrected chi connectivity index (χ0v) is 32.6. The Labute approximate surface area is 317 Å². The van der Waals surface area contributed by atoms with Gasteiger partial charge in [0.05, 0.1) is 0 Å². The van der Waals surface area contributed by atoms with Gasteiger partial charge in [0.15, 0.2) is 0 Å². The van der Waals surface area contributed by atoms with Crippen molar-refractivity contribution in [1.82, 2.24) is 0 Å². The van der Waals surface area contributed by atoms with Crippen LogP contribution in [0.5, 0.6) is 0 Å². The van der Waals surface area contributed by atoms with Gasteiger partial charge in [-0.05, 0) is 74.6 Å². The van der Waals surface area contributed by atoms with Crippen LogP contribution in [0.25, 0.3) is 16.9 Å². The average molecular weight is 765 g/mol. The summed E-state index contributed by atoms with van der Waals surface area (Å²) in [6, 6.07) is 34.7. The summed E-state index contributed by atoms with van der Waals surface area (Å²) in [5.74, 6) is 5.53. The third kappa shape index (κ3) is 11.4. The van der Waals surface area contributed by atoms with Crippen molar-refractivity contribution >= 4 is 19.5 Å². The Kier molecular flexibility index (Phi) is 16.4. The van der Waals surface area contributed by atoms with Crippen LogP contribution in [0.1, 0.15) is 111 Å². The maximum atomic E-state index is 11.9. The SMILES string of the molecule is C#CCCCc1ccccc1C1=C(CCCC)C(CCCC)=C(c2ccccc2CCCC#C)[N+]1=[N-].Cc1cc[c]([Pd][c]2ccc(C)cc2)cc1. The number of hydrogen-bond donors (Lipinski definition) is 0. The molecule has 0 spiro atoms. The number of aryl methyl sites for hydroxylation is 4. The monoisotopic (exact) mass is 764 g/mol. The second-order valence-corrected chi connectivity index (χ2v) is 15.4. The van der Waals surface area contributed by atoms with Crippen LogP contribution >= 0.6 is 0 Å².